The number of rotatable bonds is 6. The van der Waals surface area contributed by atoms with E-state index in [1.54, 1.807) is 4.68 Å². The van der Waals surface area contributed by atoms with Crippen molar-refractivity contribution in [3.05, 3.63) is 35.4 Å². The van der Waals surface area contributed by atoms with Crippen molar-refractivity contribution < 1.29 is 4.79 Å². The molecule has 7 nitrogen and oxygen atoms in total. The van der Waals surface area contributed by atoms with Gasteiger partial charge in [0, 0.05) is 25.2 Å². The van der Waals surface area contributed by atoms with Crippen molar-refractivity contribution in [3.8, 4) is 0 Å². The van der Waals surface area contributed by atoms with Crippen LogP contribution in [0.2, 0.25) is 0 Å². The molecule has 116 valence electrons. The van der Waals surface area contributed by atoms with Crippen molar-refractivity contribution in [2.75, 3.05) is 18.5 Å². The number of aryl methyl sites for hydroxylation is 1. The molecule has 7 heteroatoms. The lowest BCUT2D eigenvalue weighted by Crippen LogP contribution is -2.30. The standard InChI is InChI=1S/C15H20N6O/c1-11-4-3-5-12(10-11)14(22)16-8-9-21-15(17-18-19-21)20(2)13-6-7-13/h3-5,10,13H,6-9H2,1-2H3,(H,16,22). The molecule has 0 spiro atoms. The van der Waals surface area contributed by atoms with E-state index in [1.807, 2.05) is 38.2 Å². The van der Waals surface area contributed by atoms with Gasteiger partial charge in [-0.1, -0.05) is 22.8 Å². The fourth-order valence-corrected chi connectivity index (χ4v) is 2.39. The number of carbonyl (C=O) groups excluding carboxylic acids is 1. The number of tetrazole rings is 1. The van der Waals surface area contributed by atoms with Crippen molar-refractivity contribution >= 4 is 11.9 Å². The van der Waals surface area contributed by atoms with Crippen LogP contribution in [0.25, 0.3) is 0 Å². The predicted molar refractivity (Wildman–Crippen MR) is 82.8 cm³/mol. The van der Waals surface area contributed by atoms with Crippen LogP contribution in [0.1, 0.15) is 28.8 Å². The highest BCUT2D eigenvalue weighted by molar-refractivity contribution is 5.94. The van der Waals surface area contributed by atoms with Crippen LogP contribution in [0, 0.1) is 6.92 Å². The number of carbonyl (C=O) groups is 1. The zero-order valence-electron chi connectivity index (χ0n) is 12.9. The Morgan fingerprint density at radius 3 is 3.00 bits per heavy atom. The molecule has 0 bridgehead atoms. The topological polar surface area (TPSA) is 75.9 Å². The van der Waals surface area contributed by atoms with Gasteiger partial charge in [0.05, 0.1) is 6.54 Å². The fraction of sp³-hybridized carbons (Fsp3) is 0.467. The van der Waals surface area contributed by atoms with Gasteiger partial charge in [-0.2, -0.15) is 0 Å². The molecule has 0 atom stereocenters. The lowest BCUT2D eigenvalue weighted by Gasteiger charge is -2.16. The Balaban J connectivity index is 1.55. The van der Waals surface area contributed by atoms with Gasteiger partial charge < -0.3 is 10.2 Å². The second-order valence-electron chi connectivity index (χ2n) is 5.67. The Bertz CT molecular complexity index is 664. The molecule has 2 aromatic rings. The molecule has 3 rings (SSSR count). The van der Waals surface area contributed by atoms with Gasteiger partial charge >= 0.3 is 0 Å². The van der Waals surface area contributed by atoms with Crippen LogP contribution in [0.4, 0.5) is 5.95 Å². The number of anilines is 1. The normalized spacial score (nSPS) is 13.9. The summed E-state index contributed by atoms with van der Waals surface area (Å²) in [6, 6.07) is 8.09. The van der Waals surface area contributed by atoms with E-state index < -0.39 is 0 Å². The molecule has 1 aliphatic rings. The second kappa shape index (κ2) is 6.13. The average Bonchev–Trinajstić information content (AvgIpc) is 3.26. The number of nitrogens with one attached hydrogen (secondary N) is 1. The van der Waals surface area contributed by atoms with Gasteiger partial charge in [0.15, 0.2) is 0 Å². The van der Waals surface area contributed by atoms with Gasteiger partial charge in [0.25, 0.3) is 5.91 Å². The third-order valence-corrected chi connectivity index (χ3v) is 3.81. The van der Waals surface area contributed by atoms with E-state index in [4.69, 9.17) is 0 Å². The highest BCUT2D eigenvalue weighted by Crippen LogP contribution is 2.28. The highest BCUT2D eigenvalue weighted by atomic mass is 16.1. The van der Waals surface area contributed by atoms with Crippen LogP contribution in [0.5, 0.6) is 0 Å². The van der Waals surface area contributed by atoms with E-state index in [0.717, 1.165) is 11.5 Å². The van der Waals surface area contributed by atoms with Crippen LogP contribution < -0.4 is 10.2 Å². The smallest absolute Gasteiger partial charge is 0.251 e. The van der Waals surface area contributed by atoms with Gasteiger partial charge in [-0.15, -0.1) is 0 Å². The minimum Gasteiger partial charge on any atom is -0.350 e. The largest absolute Gasteiger partial charge is 0.350 e. The molecule has 1 N–H and O–H groups in total. The highest BCUT2D eigenvalue weighted by Gasteiger charge is 2.29. The van der Waals surface area contributed by atoms with Gasteiger partial charge in [0.1, 0.15) is 0 Å². The second-order valence-corrected chi connectivity index (χ2v) is 5.67. The Morgan fingerprint density at radius 1 is 1.45 bits per heavy atom. The number of hydrogen-bond acceptors (Lipinski definition) is 5. The first-order valence-corrected chi connectivity index (χ1v) is 7.49. The minimum atomic E-state index is -0.0751. The van der Waals surface area contributed by atoms with Crippen molar-refractivity contribution in [2.24, 2.45) is 0 Å². The number of benzene rings is 1. The Labute approximate surface area is 129 Å². The molecule has 1 heterocycles. The van der Waals surface area contributed by atoms with E-state index in [9.17, 15) is 4.79 Å². The average molecular weight is 300 g/mol. The van der Waals surface area contributed by atoms with Gasteiger partial charge in [-0.3, -0.25) is 4.79 Å². The summed E-state index contributed by atoms with van der Waals surface area (Å²) in [7, 11) is 2.01. The van der Waals surface area contributed by atoms with Crippen molar-refractivity contribution in [2.45, 2.75) is 32.4 Å². The third-order valence-electron chi connectivity index (χ3n) is 3.81. The summed E-state index contributed by atoms with van der Waals surface area (Å²) in [6.45, 7) is 3.01. The molecule has 1 saturated carbocycles. The monoisotopic (exact) mass is 300 g/mol. The maximum absolute atomic E-state index is 12.1. The number of nitrogens with zero attached hydrogens (tertiary/aromatic N) is 5. The SMILES string of the molecule is Cc1cccc(C(=O)NCCn2nnnc2N(C)C2CC2)c1. The first kappa shape index (κ1) is 14.5. The van der Waals surface area contributed by atoms with E-state index in [-0.39, 0.29) is 5.91 Å². The summed E-state index contributed by atoms with van der Waals surface area (Å²) in [4.78, 5) is 14.2. The predicted octanol–water partition coefficient (Wildman–Crippen LogP) is 1.01. The quantitative estimate of drug-likeness (QED) is 0.861. The zero-order chi connectivity index (χ0) is 15.5. The number of aromatic nitrogens is 4. The molecular weight excluding hydrogens is 280 g/mol. The van der Waals surface area contributed by atoms with Gasteiger partial charge in [0.2, 0.25) is 5.95 Å². The minimum absolute atomic E-state index is 0.0751. The van der Waals surface area contributed by atoms with Crippen LogP contribution >= 0.6 is 0 Å². The molecule has 1 fully saturated rings. The summed E-state index contributed by atoms with van der Waals surface area (Å²) >= 11 is 0. The first-order valence-electron chi connectivity index (χ1n) is 7.49. The maximum atomic E-state index is 12.1. The Hall–Kier alpha value is -2.44. The van der Waals surface area contributed by atoms with Crippen molar-refractivity contribution in [1.82, 2.24) is 25.5 Å². The Morgan fingerprint density at radius 2 is 2.27 bits per heavy atom. The van der Waals surface area contributed by atoms with Crippen molar-refractivity contribution in [1.29, 1.82) is 0 Å². The van der Waals surface area contributed by atoms with Crippen LogP contribution in [0.3, 0.4) is 0 Å². The van der Waals surface area contributed by atoms with Crippen molar-refractivity contribution in [3.63, 3.8) is 0 Å². The van der Waals surface area contributed by atoms with Gasteiger partial charge in [-0.05, 0) is 42.3 Å². The molecule has 1 amide bonds. The van der Waals surface area contributed by atoms with E-state index in [2.05, 4.69) is 25.7 Å². The Kier molecular flexibility index (Phi) is 4.04. The maximum Gasteiger partial charge on any atom is 0.251 e. The van der Waals surface area contributed by atoms with Crippen LogP contribution in [-0.4, -0.2) is 45.7 Å². The third kappa shape index (κ3) is 3.24. The molecular formula is C15H20N6O. The molecule has 1 aromatic carbocycles. The summed E-state index contributed by atoms with van der Waals surface area (Å²) in [5.41, 5.74) is 1.74. The molecule has 0 aliphatic heterocycles. The molecule has 1 aromatic heterocycles. The summed E-state index contributed by atoms with van der Waals surface area (Å²) in [5.74, 6) is 0.682. The first-order chi connectivity index (χ1) is 10.6. The molecule has 0 radical (unpaired) electrons. The fourth-order valence-electron chi connectivity index (χ4n) is 2.39. The lowest BCUT2D eigenvalue weighted by atomic mass is 10.1. The number of hydrogen-bond donors (Lipinski definition) is 1. The molecule has 0 unspecified atom stereocenters. The summed E-state index contributed by atoms with van der Waals surface area (Å²) < 4.78 is 1.73. The van der Waals surface area contributed by atoms with E-state index >= 15 is 0 Å². The zero-order valence-corrected chi connectivity index (χ0v) is 12.9. The van der Waals surface area contributed by atoms with Crippen LogP contribution in [0.15, 0.2) is 24.3 Å². The summed E-state index contributed by atoms with van der Waals surface area (Å²) in [6.07, 6.45) is 2.38. The molecule has 0 saturated heterocycles. The van der Waals surface area contributed by atoms with Crippen LogP contribution in [-0.2, 0) is 6.54 Å². The van der Waals surface area contributed by atoms with Gasteiger partial charge in [-0.25, -0.2) is 4.68 Å². The lowest BCUT2D eigenvalue weighted by molar-refractivity contribution is 0.0952. The molecule has 1 aliphatic carbocycles. The van der Waals surface area contributed by atoms with E-state index in [0.29, 0.717) is 24.7 Å². The molecule has 22 heavy (non-hydrogen) atoms. The summed E-state index contributed by atoms with van der Waals surface area (Å²) in [5, 5.41) is 14.7. The number of amides is 1. The van der Waals surface area contributed by atoms with E-state index in [1.165, 1.54) is 12.8 Å².